The molecule has 0 aliphatic heterocycles. The van der Waals surface area contributed by atoms with Crippen molar-refractivity contribution in [1.29, 1.82) is 0 Å². The molecule has 0 radical (unpaired) electrons. The van der Waals surface area contributed by atoms with Crippen LogP contribution < -0.4 is 0 Å². The number of carbonyl (C=O) groups is 1. The fraction of sp³-hybridized carbons (Fsp3) is 0.286. The van der Waals surface area contributed by atoms with Crippen molar-refractivity contribution in [3.05, 3.63) is 76.9 Å². The first-order valence-corrected chi connectivity index (χ1v) is 8.15. The topological polar surface area (TPSA) is 23.6 Å². The first-order chi connectivity index (χ1) is 11.5. The Balaban J connectivity index is 2.23. The second-order valence-electron chi connectivity index (χ2n) is 6.53. The van der Waals surface area contributed by atoms with Gasteiger partial charge in [-0.2, -0.15) is 0 Å². The van der Waals surface area contributed by atoms with Crippen molar-refractivity contribution in [2.75, 3.05) is 28.2 Å². The summed E-state index contributed by atoms with van der Waals surface area (Å²) in [5.74, 6) is 0.0482. The number of carbonyl (C=O) groups excluding carboxylic acids is 1. The Morgan fingerprint density at radius 2 is 1.38 bits per heavy atom. The molecule has 0 saturated heterocycles. The van der Waals surface area contributed by atoms with Crippen molar-refractivity contribution in [3.63, 3.8) is 0 Å². The first-order valence-electron chi connectivity index (χ1n) is 8.15. The minimum absolute atomic E-state index is 0.0482. The highest BCUT2D eigenvalue weighted by Crippen LogP contribution is 2.15. The minimum Gasteiger partial charge on any atom is -0.305 e. The van der Waals surface area contributed by atoms with E-state index in [1.54, 1.807) is 6.08 Å². The number of hydrogen-bond acceptors (Lipinski definition) is 3. The van der Waals surface area contributed by atoms with Crippen LogP contribution in [0.2, 0.25) is 0 Å². The van der Waals surface area contributed by atoms with E-state index in [0.717, 1.165) is 29.8 Å². The van der Waals surface area contributed by atoms with Gasteiger partial charge in [-0.3, -0.25) is 4.79 Å². The van der Waals surface area contributed by atoms with Gasteiger partial charge >= 0.3 is 0 Å². The zero-order chi connectivity index (χ0) is 17.5. The molecule has 2 rings (SSSR count). The van der Waals surface area contributed by atoms with Gasteiger partial charge in [-0.15, -0.1) is 0 Å². The maximum Gasteiger partial charge on any atom is 0.186 e. The molecule has 0 bridgehead atoms. The average Bonchev–Trinajstić information content (AvgIpc) is 2.53. The predicted molar refractivity (Wildman–Crippen MR) is 101 cm³/mol. The molecule has 24 heavy (non-hydrogen) atoms. The van der Waals surface area contributed by atoms with Gasteiger partial charge in [0.2, 0.25) is 0 Å². The third-order valence-electron chi connectivity index (χ3n) is 3.73. The summed E-state index contributed by atoms with van der Waals surface area (Å²) in [5.41, 5.74) is 4.13. The van der Waals surface area contributed by atoms with Gasteiger partial charge < -0.3 is 9.80 Å². The smallest absolute Gasteiger partial charge is 0.186 e. The molecular weight excluding hydrogens is 296 g/mol. The Bertz CT molecular complexity index is 717. The zero-order valence-corrected chi connectivity index (χ0v) is 15.0. The minimum atomic E-state index is 0.0482. The van der Waals surface area contributed by atoms with E-state index in [2.05, 4.69) is 15.9 Å². The van der Waals surface area contributed by atoms with Crippen LogP contribution in [0.3, 0.4) is 0 Å². The molecule has 0 spiro atoms. The summed E-state index contributed by atoms with van der Waals surface area (Å²) >= 11 is 0. The molecule has 0 fully saturated rings. The Kier molecular flexibility index (Phi) is 6.47. The molecule has 0 unspecified atom stereocenters. The van der Waals surface area contributed by atoms with Crippen LogP contribution in [0.4, 0.5) is 0 Å². The van der Waals surface area contributed by atoms with Gasteiger partial charge in [-0.05, 0) is 51.0 Å². The summed E-state index contributed by atoms with van der Waals surface area (Å²) in [6.45, 7) is 1.61. The fourth-order valence-corrected chi connectivity index (χ4v) is 2.68. The maximum atomic E-state index is 12.6. The molecular formula is C21H26N2O. The number of nitrogens with zero attached hydrogens (tertiary/aromatic N) is 2. The summed E-state index contributed by atoms with van der Waals surface area (Å²) in [5, 5.41) is 0. The lowest BCUT2D eigenvalue weighted by Gasteiger charge is -2.13. The van der Waals surface area contributed by atoms with Crippen LogP contribution in [0.1, 0.15) is 27.0 Å². The second-order valence-corrected chi connectivity index (χ2v) is 6.53. The average molecular weight is 322 g/mol. The van der Waals surface area contributed by atoms with E-state index in [1.165, 1.54) is 5.56 Å². The zero-order valence-electron chi connectivity index (χ0n) is 15.0. The molecule has 3 nitrogen and oxygen atoms in total. The molecule has 0 aliphatic carbocycles. The summed E-state index contributed by atoms with van der Waals surface area (Å²) < 4.78 is 0. The normalized spacial score (nSPS) is 11.6. The Morgan fingerprint density at radius 3 is 2.04 bits per heavy atom. The van der Waals surface area contributed by atoms with Crippen molar-refractivity contribution in [1.82, 2.24) is 9.80 Å². The van der Waals surface area contributed by atoms with Gasteiger partial charge in [-0.1, -0.05) is 54.6 Å². The molecule has 0 N–H and O–H groups in total. The Morgan fingerprint density at radius 1 is 0.833 bits per heavy atom. The van der Waals surface area contributed by atoms with Gasteiger partial charge in [0, 0.05) is 18.7 Å². The number of allylic oxidation sites excluding steroid dienone is 1. The molecule has 2 aromatic carbocycles. The molecule has 126 valence electrons. The molecule has 0 aliphatic rings. The molecule has 0 heterocycles. The van der Waals surface area contributed by atoms with Gasteiger partial charge in [0.05, 0.1) is 0 Å². The van der Waals surface area contributed by atoms with E-state index in [4.69, 9.17) is 0 Å². The third-order valence-corrected chi connectivity index (χ3v) is 3.73. The van der Waals surface area contributed by atoms with E-state index < -0.39 is 0 Å². The largest absolute Gasteiger partial charge is 0.305 e. The van der Waals surface area contributed by atoms with Crippen molar-refractivity contribution in [2.45, 2.75) is 13.1 Å². The lowest BCUT2D eigenvalue weighted by molar-refractivity contribution is 0.104. The highest BCUT2D eigenvalue weighted by molar-refractivity contribution is 6.07. The highest BCUT2D eigenvalue weighted by atomic mass is 16.1. The lowest BCUT2D eigenvalue weighted by Crippen LogP contribution is -2.13. The number of rotatable bonds is 7. The monoisotopic (exact) mass is 322 g/mol. The molecule has 0 saturated carbocycles. The van der Waals surface area contributed by atoms with Gasteiger partial charge in [-0.25, -0.2) is 0 Å². The van der Waals surface area contributed by atoms with Crippen LogP contribution in [0.15, 0.2) is 54.6 Å². The fourth-order valence-electron chi connectivity index (χ4n) is 2.68. The second kappa shape index (κ2) is 8.57. The third kappa shape index (κ3) is 5.15. The molecule has 0 amide bonds. The van der Waals surface area contributed by atoms with Crippen molar-refractivity contribution >= 4 is 11.9 Å². The van der Waals surface area contributed by atoms with E-state index >= 15 is 0 Å². The van der Waals surface area contributed by atoms with Crippen LogP contribution >= 0.6 is 0 Å². The van der Waals surface area contributed by atoms with Crippen LogP contribution in [0.5, 0.6) is 0 Å². The number of hydrogen-bond donors (Lipinski definition) is 0. The number of ketones is 1. The summed E-state index contributed by atoms with van der Waals surface area (Å²) in [7, 11) is 8.11. The summed E-state index contributed by atoms with van der Waals surface area (Å²) in [6.07, 6.45) is 3.61. The van der Waals surface area contributed by atoms with E-state index in [1.807, 2.05) is 76.7 Å². The molecule has 0 aromatic heterocycles. The number of benzene rings is 2. The maximum absolute atomic E-state index is 12.6. The summed E-state index contributed by atoms with van der Waals surface area (Å²) in [6, 6.07) is 16.0. The predicted octanol–water partition coefficient (Wildman–Crippen LogP) is 3.71. The van der Waals surface area contributed by atoms with Gasteiger partial charge in [0.25, 0.3) is 0 Å². The van der Waals surface area contributed by atoms with Crippen LogP contribution in [0.25, 0.3) is 6.08 Å². The van der Waals surface area contributed by atoms with Crippen LogP contribution in [0, 0.1) is 0 Å². The van der Waals surface area contributed by atoms with Crippen molar-refractivity contribution in [2.24, 2.45) is 0 Å². The highest BCUT2D eigenvalue weighted by Gasteiger charge is 2.09. The van der Waals surface area contributed by atoms with Crippen LogP contribution in [-0.2, 0) is 13.1 Å². The Hall–Kier alpha value is -2.23. The summed E-state index contributed by atoms with van der Waals surface area (Å²) in [4.78, 5) is 16.8. The van der Waals surface area contributed by atoms with Crippen LogP contribution in [-0.4, -0.2) is 43.8 Å². The van der Waals surface area contributed by atoms with Crippen molar-refractivity contribution < 1.29 is 4.79 Å². The lowest BCUT2D eigenvalue weighted by atomic mass is 10.0. The van der Waals surface area contributed by atoms with Crippen molar-refractivity contribution in [3.8, 4) is 0 Å². The molecule has 0 atom stereocenters. The first kappa shape index (κ1) is 18.1. The van der Waals surface area contributed by atoms with E-state index in [-0.39, 0.29) is 5.78 Å². The quantitative estimate of drug-likeness (QED) is 0.573. The molecule has 3 heteroatoms. The van der Waals surface area contributed by atoms with Gasteiger partial charge in [0.15, 0.2) is 5.78 Å². The van der Waals surface area contributed by atoms with E-state index in [9.17, 15) is 4.79 Å². The molecule has 2 aromatic rings. The van der Waals surface area contributed by atoms with E-state index in [0.29, 0.717) is 0 Å². The Labute approximate surface area is 145 Å². The SMILES string of the molecule is CN(C)Cc1ccccc1C=CC(=O)c1ccccc1CN(C)C. The standard InChI is InChI=1S/C21H26N2O/c1-22(2)15-18-10-6-5-9-17(18)13-14-21(24)20-12-8-7-11-19(20)16-23(3)4/h5-14H,15-16H2,1-4H3. The van der Waals surface area contributed by atoms with Gasteiger partial charge in [0.1, 0.15) is 0 Å².